The number of nitrogens with zero attached hydrogens (tertiary/aromatic N) is 1. The van der Waals surface area contributed by atoms with Crippen LogP contribution in [0.2, 0.25) is 0 Å². The summed E-state index contributed by atoms with van der Waals surface area (Å²) in [6.07, 6.45) is -8.67. The Morgan fingerprint density at radius 1 is 0.920 bits per heavy atom. The molecular formula is C16H19ClF6N2. The Labute approximate surface area is 148 Å². The lowest BCUT2D eigenvalue weighted by Crippen LogP contribution is -2.39. The van der Waals surface area contributed by atoms with Crippen molar-refractivity contribution < 1.29 is 26.3 Å². The van der Waals surface area contributed by atoms with Crippen molar-refractivity contribution in [3.05, 3.63) is 34.9 Å². The molecule has 9 heteroatoms. The molecular weight excluding hydrogens is 370 g/mol. The highest BCUT2D eigenvalue weighted by molar-refractivity contribution is 5.85. The van der Waals surface area contributed by atoms with Crippen LogP contribution in [0.4, 0.5) is 26.3 Å². The summed E-state index contributed by atoms with van der Waals surface area (Å²) in [5.41, 5.74) is -2.43. The van der Waals surface area contributed by atoms with Gasteiger partial charge < -0.3 is 5.32 Å². The molecule has 0 spiro atoms. The molecule has 2 atom stereocenters. The van der Waals surface area contributed by atoms with E-state index in [1.54, 1.807) is 0 Å². The van der Waals surface area contributed by atoms with Gasteiger partial charge >= 0.3 is 12.4 Å². The van der Waals surface area contributed by atoms with Gasteiger partial charge in [-0.2, -0.15) is 26.3 Å². The molecule has 0 amide bonds. The summed E-state index contributed by atoms with van der Waals surface area (Å²) >= 11 is 0. The van der Waals surface area contributed by atoms with Gasteiger partial charge in [0.05, 0.1) is 11.1 Å². The monoisotopic (exact) mass is 388 g/mol. The third-order valence-electron chi connectivity index (χ3n) is 4.84. The molecule has 2 fully saturated rings. The van der Waals surface area contributed by atoms with Crippen molar-refractivity contribution in [3.8, 4) is 0 Å². The Kier molecular flexibility index (Phi) is 5.95. The highest BCUT2D eigenvalue weighted by atomic mass is 35.5. The van der Waals surface area contributed by atoms with Crippen LogP contribution in [-0.2, 0) is 18.9 Å². The second-order valence-corrected chi connectivity index (χ2v) is 6.62. The fourth-order valence-corrected chi connectivity index (χ4v) is 3.62. The van der Waals surface area contributed by atoms with Crippen molar-refractivity contribution >= 4 is 12.4 Å². The van der Waals surface area contributed by atoms with Gasteiger partial charge in [-0.25, -0.2) is 0 Å². The molecule has 25 heavy (non-hydrogen) atoms. The van der Waals surface area contributed by atoms with E-state index in [1.807, 2.05) is 4.90 Å². The summed E-state index contributed by atoms with van der Waals surface area (Å²) in [5.74, 6) is 0.986. The van der Waals surface area contributed by atoms with E-state index in [0.29, 0.717) is 24.9 Å². The molecule has 2 heterocycles. The molecule has 1 aromatic rings. The second kappa shape index (κ2) is 7.32. The number of hydrogen-bond acceptors (Lipinski definition) is 2. The van der Waals surface area contributed by atoms with Gasteiger partial charge in [0.15, 0.2) is 0 Å². The quantitative estimate of drug-likeness (QED) is 0.764. The van der Waals surface area contributed by atoms with Gasteiger partial charge in [-0.15, -0.1) is 12.4 Å². The molecule has 0 aromatic heterocycles. The molecule has 2 saturated heterocycles. The molecule has 3 rings (SSSR count). The van der Waals surface area contributed by atoms with Crippen molar-refractivity contribution in [2.45, 2.75) is 25.3 Å². The van der Waals surface area contributed by atoms with Crippen LogP contribution >= 0.6 is 12.4 Å². The largest absolute Gasteiger partial charge is 0.416 e. The maximum atomic E-state index is 12.9. The summed E-state index contributed by atoms with van der Waals surface area (Å²) < 4.78 is 77.4. The number of nitrogens with one attached hydrogen (secondary N) is 1. The van der Waals surface area contributed by atoms with E-state index < -0.39 is 23.5 Å². The molecule has 2 unspecified atom stereocenters. The van der Waals surface area contributed by atoms with Crippen LogP contribution < -0.4 is 5.32 Å². The van der Waals surface area contributed by atoms with Crippen molar-refractivity contribution in [1.82, 2.24) is 10.2 Å². The topological polar surface area (TPSA) is 15.3 Å². The minimum Gasteiger partial charge on any atom is -0.316 e. The van der Waals surface area contributed by atoms with Crippen molar-refractivity contribution in [2.24, 2.45) is 11.8 Å². The van der Waals surface area contributed by atoms with Crippen LogP contribution in [0.1, 0.15) is 23.1 Å². The van der Waals surface area contributed by atoms with Crippen LogP contribution in [0, 0.1) is 11.8 Å². The van der Waals surface area contributed by atoms with Gasteiger partial charge in [-0.1, -0.05) is 0 Å². The number of rotatable bonds is 2. The van der Waals surface area contributed by atoms with Gasteiger partial charge in [0.1, 0.15) is 0 Å². The van der Waals surface area contributed by atoms with Crippen LogP contribution in [0.25, 0.3) is 0 Å². The lowest BCUT2D eigenvalue weighted by atomic mass is 9.88. The fourth-order valence-electron chi connectivity index (χ4n) is 3.62. The molecule has 2 aliphatic rings. The van der Waals surface area contributed by atoms with E-state index in [9.17, 15) is 26.3 Å². The van der Waals surface area contributed by atoms with E-state index in [4.69, 9.17) is 0 Å². The maximum absolute atomic E-state index is 12.9. The minimum atomic E-state index is -4.79. The van der Waals surface area contributed by atoms with Crippen LogP contribution in [0.5, 0.6) is 0 Å². The maximum Gasteiger partial charge on any atom is 0.416 e. The molecule has 0 aliphatic carbocycles. The first-order chi connectivity index (χ1) is 11.1. The molecule has 0 bridgehead atoms. The molecule has 1 aromatic carbocycles. The van der Waals surface area contributed by atoms with Gasteiger partial charge in [0, 0.05) is 13.1 Å². The van der Waals surface area contributed by atoms with Crippen molar-refractivity contribution in [1.29, 1.82) is 0 Å². The second-order valence-electron chi connectivity index (χ2n) is 6.62. The minimum absolute atomic E-state index is 0. The van der Waals surface area contributed by atoms with Gasteiger partial charge in [-0.05, 0) is 61.7 Å². The zero-order valence-corrected chi connectivity index (χ0v) is 14.1. The highest BCUT2D eigenvalue weighted by Gasteiger charge is 2.37. The molecule has 1 N–H and O–H groups in total. The predicted molar refractivity (Wildman–Crippen MR) is 83.4 cm³/mol. The smallest absolute Gasteiger partial charge is 0.316 e. The van der Waals surface area contributed by atoms with E-state index in [1.165, 1.54) is 0 Å². The molecule has 2 aliphatic heterocycles. The van der Waals surface area contributed by atoms with Gasteiger partial charge in [-0.3, -0.25) is 4.90 Å². The van der Waals surface area contributed by atoms with Crippen molar-refractivity contribution in [2.75, 3.05) is 26.2 Å². The Bertz CT molecular complexity index is 569. The van der Waals surface area contributed by atoms with E-state index in [2.05, 4.69) is 5.32 Å². The predicted octanol–water partition coefficient (Wildman–Crippen LogP) is 4.19. The zero-order chi connectivity index (χ0) is 17.5. The molecule has 0 radical (unpaired) electrons. The lowest BCUT2D eigenvalue weighted by molar-refractivity contribution is -0.143. The number of piperidine rings is 1. The number of halogens is 7. The van der Waals surface area contributed by atoms with Gasteiger partial charge in [0.25, 0.3) is 0 Å². The standard InChI is InChI=1S/C16H18F6N2.ClH/c17-15(18,19)13-3-10(4-14(5-13)16(20,21)22)8-24-2-1-11-6-23-7-12(11)9-24;/h3-5,11-12,23H,1-2,6-9H2;1H. The fraction of sp³-hybridized carbons (Fsp3) is 0.625. The Morgan fingerprint density at radius 3 is 2.04 bits per heavy atom. The number of alkyl halides is 6. The molecule has 0 saturated carbocycles. The van der Waals surface area contributed by atoms with Crippen LogP contribution in [0.3, 0.4) is 0 Å². The Morgan fingerprint density at radius 2 is 1.48 bits per heavy atom. The molecule has 142 valence electrons. The van der Waals surface area contributed by atoms with Crippen LogP contribution in [-0.4, -0.2) is 31.1 Å². The summed E-state index contributed by atoms with van der Waals surface area (Å²) in [5, 5.41) is 3.28. The summed E-state index contributed by atoms with van der Waals surface area (Å²) in [6.45, 7) is 3.31. The Balaban J connectivity index is 0.00000225. The number of likely N-dealkylation sites (tertiary alicyclic amines) is 1. The van der Waals surface area contributed by atoms with E-state index >= 15 is 0 Å². The SMILES string of the molecule is Cl.FC(F)(F)c1cc(CN2CCC3CNCC3C2)cc(C(F)(F)F)c1. The number of hydrogen-bond donors (Lipinski definition) is 1. The number of fused-ring (bicyclic) bond motifs is 1. The highest BCUT2D eigenvalue weighted by Crippen LogP contribution is 2.37. The van der Waals surface area contributed by atoms with Crippen LogP contribution in [0.15, 0.2) is 18.2 Å². The normalized spacial score (nSPS) is 24.7. The van der Waals surface area contributed by atoms with E-state index in [-0.39, 0.29) is 30.6 Å². The number of benzene rings is 1. The third-order valence-corrected chi connectivity index (χ3v) is 4.84. The Hall–Kier alpha value is -0.990. The zero-order valence-electron chi connectivity index (χ0n) is 13.3. The van der Waals surface area contributed by atoms with Gasteiger partial charge in [0.2, 0.25) is 0 Å². The average Bonchev–Trinajstić information content (AvgIpc) is 2.92. The van der Waals surface area contributed by atoms with E-state index in [0.717, 1.165) is 31.6 Å². The molecule has 2 nitrogen and oxygen atoms in total. The van der Waals surface area contributed by atoms with Crippen molar-refractivity contribution in [3.63, 3.8) is 0 Å². The first-order valence-electron chi connectivity index (χ1n) is 7.84. The first kappa shape index (κ1) is 20.3. The first-order valence-corrected chi connectivity index (χ1v) is 7.84. The third kappa shape index (κ3) is 4.80. The summed E-state index contributed by atoms with van der Waals surface area (Å²) in [4.78, 5) is 1.95. The average molecular weight is 389 g/mol. The summed E-state index contributed by atoms with van der Waals surface area (Å²) in [6, 6.07) is 1.83. The summed E-state index contributed by atoms with van der Waals surface area (Å²) in [7, 11) is 0. The lowest BCUT2D eigenvalue weighted by Gasteiger charge is -2.34.